The van der Waals surface area contributed by atoms with Crippen LogP contribution in [0.1, 0.15) is 26.2 Å². The molecule has 2 aliphatic heterocycles. The van der Waals surface area contributed by atoms with E-state index >= 15 is 0 Å². The van der Waals surface area contributed by atoms with Gasteiger partial charge in [-0.2, -0.15) is 0 Å². The van der Waals surface area contributed by atoms with Gasteiger partial charge in [0.25, 0.3) is 0 Å². The monoisotopic (exact) mass is 481 g/mol. The van der Waals surface area contributed by atoms with Gasteiger partial charge in [-0.15, -0.1) is 0 Å². The average molecular weight is 482 g/mol. The van der Waals surface area contributed by atoms with Crippen LogP contribution < -0.4 is 26.1 Å². The molecular formula is C23H33ClFN5O3. The van der Waals surface area contributed by atoms with Gasteiger partial charge in [-0.05, 0) is 49.1 Å². The first-order valence-electron chi connectivity index (χ1n) is 11.9. The molecule has 10 heteroatoms. The highest BCUT2D eigenvalue weighted by atomic mass is 35.5. The second kappa shape index (κ2) is 9.64. The van der Waals surface area contributed by atoms with Crippen LogP contribution in [0.5, 0.6) is 5.75 Å². The number of fused-ring (bicyclic) bond motifs is 3. The van der Waals surface area contributed by atoms with Gasteiger partial charge >= 0.3 is 0 Å². The van der Waals surface area contributed by atoms with E-state index in [2.05, 4.69) is 33.3 Å². The molecule has 5 aliphatic rings. The van der Waals surface area contributed by atoms with Crippen molar-refractivity contribution in [3.05, 3.63) is 29.0 Å². The van der Waals surface area contributed by atoms with Crippen LogP contribution in [-0.4, -0.2) is 66.7 Å². The van der Waals surface area contributed by atoms with Gasteiger partial charge in [0.1, 0.15) is 24.4 Å². The summed E-state index contributed by atoms with van der Waals surface area (Å²) in [6, 6.07) is 4.42. The third-order valence-electron chi connectivity index (χ3n) is 7.64. The number of ether oxygens (including phenoxy) is 1. The van der Waals surface area contributed by atoms with Gasteiger partial charge in [0.05, 0.1) is 17.1 Å². The van der Waals surface area contributed by atoms with Crippen LogP contribution in [0, 0.1) is 29.5 Å². The van der Waals surface area contributed by atoms with Crippen molar-refractivity contribution in [2.24, 2.45) is 23.7 Å². The average Bonchev–Trinajstić information content (AvgIpc) is 3.16. The minimum Gasteiger partial charge on any atom is -0.489 e. The number of carbonyl (C=O) groups excluding carboxylic acids is 1. The van der Waals surface area contributed by atoms with Crippen LogP contribution in [-0.2, 0) is 4.79 Å². The zero-order valence-corrected chi connectivity index (χ0v) is 19.5. The van der Waals surface area contributed by atoms with Crippen LogP contribution in [0.15, 0.2) is 18.2 Å². The molecule has 1 aromatic carbocycles. The number of hydrogen-bond donors (Lipinski definition) is 5. The zero-order chi connectivity index (χ0) is 23.1. The van der Waals surface area contributed by atoms with E-state index in [0.29, 0.717) is 30.0 Å². The standard InChI is InChI=1S/C23H33ClFN5O3/c1-12-8-26-22-16(9-27-30(22)10-12)23(32)29-20-7-19(13-4-14(20)5-13)28-21(31)11-33-15-2-3-17(24)18(25)6-15/h2-3,6,12-14,16,19-22,26-28,31H,4-5,7-11H2,1H3,(H,29,32)/t12?,13?,14?,16?,19?,20-,21?,22?/m1/s1. The highest BCUT2D eigenvalue weighted by Crippen LogP contribution is 2.46. The minimum absolute atomic E-state index is 0.0000963. The summed E-state index contributed by atoms with van der Waals surface area (Å²) < 4.78 is 19.1. The van der Waals surface area contributed by atoms with E-state index in [1.807, 2.05) is 0 Å². The molecule has 33 heavy (non-hydrogen) atoms. The molecule has 1 aromatic rings. The number of aliphatic hydroxyl groups excluding tert-OH is 1. The topological polar surface area (TPSA) is 97.9 Å². The van der Waals surface area contributed by atoms with E-state index in [9.17, 15) is 14.3 Å². The highest BCUT2D eigenvalue weighted by Gasteiger charge is 2.48. The number of carbonyl (C=O) groups is 1. The van der Waals surface area contributed by atoms with Crippen LogP contribution in [0.4, 0.5) is 4.39 Å². The maximum atomic E-state index is 13.6. The summed E-state index contributed by atoms with van der Waals surface area (Å²) in [5, 5.41) is 22.7. The quantitative estimate of drug-likeness (QED) is 0.371. The van der Waals surface area contributed by atoms with Crippen molar-refractivity contribution in [1.29, 1.82) is 0 Å². The molecule has 6 rings (SSSR count). The van der Waals surface area contributed by atoms with E-state index in [1.54, 1.807) is 6.07 Å². The zero-order valence-electron chi connectivity index (χ0n) is 18.8. The smallest absolute Gasteiger partial charge is 0.227 e. The van der Waals surface area contributed by atoms with Gasteiger partial charge in [-0.1, -0.05) is 18.5 Å². The van der Waals surface area contributed by atoms with E-state index in [4.69, 9.17) is 16.3 Å². The SMILES string of the molecule is CC1CNC2C(C(=O)N[C@@H]3CC(NC(O)COc4ccc(Cl)c(F)c4)C4CC3C4)CNN2C1. The maximum Gasteiger partial charge on any atom is 0.227 e. The molecule has 182 valence electrons. The van der Waals surface area contributed by atoms with E-state index in [1.165, 1.54) is 12.1 Å². The normalized spacial score (nSPS) is 36.5. The molecule has 0 spiro atoms. The van der Waals surface area contributed by atoms with Crippen LogP contribution >= 0.6 is 11.6 Å². The number of amides is 1. The van der Waals surface area contributed by atoms with Crippen molar-refractivity contribution >= 4 is 17.5 Å². The van der Waals surface area contributed by atoms with Crippen molar-refractivity contribution in [3.8, 4) is 5.75 Å². The van der Waals surface area contributed by atoms with Gasteiger partial charge in [0, 0.05) is 37.8 Å². The summed E-state index contributed by atoms with van der Waals surface area (Å²) in [6.45, 7) is 4.73. The Hall–Kier alpha value is -1.49. The van der Waals surface area contributed by atoms with Crippen molar-refractivity contribution in [3.63, 3.8) is 0 Å². The molecule has 2 bridgehead atoms. The van der Waals surface area contributed by atoms with E-state index in [-0.39, 0.29) is 41.7 Å². The minimum atomic E-state index is -0.886. The Balaban J connectivity index is 1.11. The first-order valence-corrected chi connectivity index (χ1v) is 12.3. The summed E-state index contributed by atoms with van der Waals surface area (Å²) in [4.78, 5) is 13.1. The molecule has 6 atom stereocenters. The van der Waals surface area contributed by atoms with Crippen molar-refractivity contribution in [2.45, 2.75) is 50.7 Å². The van der Waals surface area contributed by atoms with Gasteiger partial charge in [0.15, 0.2) is 0 Å². The number of nitrogens with zero attached hydrogens (tertiary/aromatic N) is 1. The number of hydrogen-bond acceptors (Lipinski definition) is 7. The first-order chi connectivity index (χ1) is 15.9. The summed E-state index contributed by atoms with van der Waals surface area (Å²) >= 11 is 5.69. The predicted molar refractivity (Wildman–Crippen MR) is 122 cm³/mol. The Bertz CT molecular complexity index is 872. The highest BCUT2D eigenvalue weighted by molar-refractivity contribution is 6.30. The molecule has 5 unspecified atom stereocenters. The molecule has 5 fully saturated rings. The van der Waals surface area contributed by atoms with Gasteiger partial charge in [-0.25, -0.2) is 9.40 Å². The lowest BCUT2D eigenvalue weighted by molar-refractivity contribution is -0.128. The van der Waals surface area contributed by atoms with Crippen LogP contribution in [0.2, 0.25) is 5.02 Å². The number of benzene rings is 1. The maximum absolute atomic E-state index is 13.6. The van der Waals surface area contributed by atoms with Crippen molar-refractivity contribution < 1.29 is 19.0 Å². The molecule has 0 aromatic heterocycles. The lowest BCUT2D eigenvalue weighted by atomic mass is 9.60. The summed E-state index contributed by atoms with van der Waals surface area (Å²) in [6.07, 6.45) is 2.04. The Kier molecular flexibility index (Phi) is 6.79. The Labute approximate surface area is 198 Å². The molecule has 1 amide bonds. The molecule has 8 nitrogen and oxygen atoms in total. The molecule has 0 radical (unpaired) electrons. The molecule has 2 heterocycles. The summed E-state index contributed by atoms with van der Waals surface area (Å²) in [7, 11) is 0. The Morgan fingerprint density at radius 1 is 1.30 bits per heavy atom. The van der Waals surface area contributed by atoms with Gasteiger partial charge in [-0.3, -0.25) is 20.9 Å². The number of aliphatic hydroxyl groups is 1. The summed E-state index contributed by atoms with van der Waals surface area (Å²) in [5.41, 5.74) is 3.37. The number of halogens is 2. The van der Waals surface area contributed by atoms with Gasteiger partial charge in [0.2, 0.25) is 5.91 Å². The van der Waals surface area contributed by atoms with Crippen LogP contribution in [0.3, 0.4) is 0 Å². The predicted octanol–water partition coefficient (Wildman–Crippen LogP) is 1.05. The second-order valence-corrected chi connectivity index (χ2v) is 10.5. The lowest BCUT2D eigenvalue weighted by Gasteiger charge is -2.52. The van der Waals surface area contributed by atoms with Crippen molar-refractivity contribution in [1.82, 2.24) is 26.4 Å². The molecule has 3 aliphatic carbocycles. The second-order valence-electron chi connectivity index (χ2n) is 10.1. The Morgan fingerprint density at radius 2 is 2.09 bits per heavy atom. The fourth-order valence-electron chi connectivity index (χ4n) is 5.76. The summed E-state index contributed by atoms with van der Waals surface area (Å²) in [5.74, 6) is 1.31. The first kappa shape index (κ1) is 23.3. The fourth-order valence-corrected chi connectivity index (χ4v) is 5.88. The third-order valence-corrected chi connectivity index (χ3v) is 7.95. The van der Waals surface area contributed by atoms with E-state index in [0.717, 1.165) is 32.4 Å². The van der Waals surface area contributed by atoms with Crippen molar-refractivity contribution in [2.75, 3.05) is 26.2 Å². The Morgan fingerprint density at radius 3 is 2.88 bits per heavy atom. The number of hydrazine groups is 1. The molecule has 5 N–H and O–H groups in total. The van der Waals surface area contributed by atoms with E-state index < -0.39 is 12.0 Å². The third kappa shape index (κ3) is 4.99. The lowest BCUT2D eigenvalue weighted by Crippen LogP contribution is -2.62. The molecule has 3 saturated carbocycles. The number of rotatable bonds is 7. The molecular weight excluding hydrogens is 449 g/mol. The largest absolute Gasteiger partial charge is 0.489 e. The molecule has 2 saturated heterocycles. The fraction of sp³-hybridized carbons (Fsp3) is 0.696. The number of nitrogens with one attached hydrogen (secondary N) is 4. The van der Waals surface area contributed by atoms with Gasteiger partial charge < -0.3 is 15.2 Å². The van der Waals surface area contributed by atoms with Crippen LogP contribution in [0.25, 0.3) is 0 Å².